The normalized spacial score (nSPS) is 6.67. The van der Waals surface area contributed by atoms with E-state index < -0.39 is 0 Å². The van der Waals surface area contributed by atoms with Crippen LogP contribution in [0.2, 0.25) is 0 Å². The molecular formula is CH3CsN4. The van der Waals surface area contributed by atoms with E-state index in [1.807, 2.05) is 0 Å². The smallest absolute Gasteiger partial charge is 0.135 e. The Labute approximate surface area is 93.5 Å². The Morgan fingerprint density at radius 2 is 2.33 bits per heavy atom. The summed E-state index contributed by atoms with van der Waals surface area (Å²) in [4.78, 5) is 0. The maximum atomic E-state index is 3.31. The van der Waals surface area contributed by atoms with Gasteiger partial charge in [-0.15, -0.1) is 5.10 Å². The molecule has 0 radical (unpaired) electrons. The summed E-state index contributed by atoms with van der Waals surface area (Å²) in [5.74, 6) is 0. The van der Waals surface area contributed by atoms with Crippen LogP contribution in [0.1, 0.15) is 0 Å². The molecule has 5 heteroatoms. The molecule has 0 aromatic carbocycles. The molecule has 28 valence electrons. The van der Waals surface area contributed by atoms with Crippen molar-refractivity contribution in [3.05, 3.63) is 6.33 Å². The summed E-state index contributed by atoms with van der Waals surface area (Å²) in [5.41, 5.74) is 0. The Morgan fingerprint density at radius 3 is 2.50 bits per heavy atom. The molecule has 0 amide bonds. The quantitative estimate of drug-likeness (QED) is 0.562. The minimum atomic E-state index is 0. The number of rotatable bonds is 0. The summed E-state index contributed by atoms with van der Waals surface area (Å²) in [7, 11) is 0. The second kappa shape index (κ2) is 4.29. The zero-order valence-electron chi connectivity index (χ0n) is 2.42. The molecule has 0 bridgehead atoms. The van der Waals surface area contributed by atoms with Crippen LogP contribution >= 0.6 is 0 Å². The molecule has 0 fully saturated rings. The van der Waals surface area contributed by atoms with Crippen LogP contribution in [0, 0.1) is 0 Å². The number of H-pyrrole nitrogens is 1. The van der Waals surface area contributed by atoms with Gasteiger partial charge in [0.15, 0.2) is 0 Å². The minimum absolute atomic E-state index is 0. The molecule has 0 unspecified atom stereocenters. The van der Waals surface area contributed by atoms with E-state index in [1.165, 1.54) is 6.33 Å². The first-order valence-corrected chi connectivity index (χ1v) is 1.17. The van der Waals surface area contributed by atoms with Crippen LogP contribution in [0.4, 0.5) is 0 Å². The Bertz CT molecular complexity index is 64.0. The van der Waals surface area contributed by atoms with Gasteiger partial charge in [-0.3, -0.25) is 0 Å². The Balaban J connectivity index is 0.000000250. The molecule has 0 atom stereocenters. The van der Waals surface area contributed by atoms with Crippen LogP contribution in [-0.2, 0) is 0 Å². The van der Waals surface area contributed by atoms with Gasteiger partial charge in [-0.1, -0.05) is 0 Å². The third-order valence-electron chi connectivity index (χ3n) is 0.270. The van der Waals surface area contributed by atoms with E-state index in [2.05, 4.69) is 20.6 Å². The van der Waals surface area contributed by atoms with Gasteiger partial charge in [-0.25, -0.2) is 5.10 Å². The molecule has 1 aromatic heterocycles. The van der Waals surface area contributed by atoms with E-state index in [-0.39, 0.29) is 68.9 Å². The first-order valence-electron chi connectivity index (χ1n) is 1.17. The van der Waals surface area contributed by atoms with E-state index >= 15 is 0 Å². The topological polar surface area (TPSA) is 54.5 Å². The van der Waals surface area contributed by atoms with Crippen LogP contribution in [0.3, 0.4) is 0 Å². The van der Waals surface area contributed by atoms with Crippen molar-refractivity contribution in [2.75, 3.05) is 0 Å². The summed E-state index contributed by atoms with van der Waals surface area (Å²) < 4.78 is 0. The van der Waals surface area contributed by atoms with Gasteiger partial charge in [0.05, 0.1) is 0 Å². The second-order valence-electron chi connectivity index (χ2n) is 0.563. The molecule has 0 aliphatic carbocycles. The van der Waals surface area contributed by atoms with Crippen LogP contribution in [0.25, 0.3) is 0 Å². The van der Waals surface area contributed by atoms with E-state index in [0.29, 0.717) is 0 Å². The number of aromatic amines is 1. The molecule has 1 aromatic rings. The number of tetrazole rings is 1. The van der Waals surface area contributed by atoms with Crippen molar-refractivity contribution in [3.8, 4) is 0 Å². The predicted octanol–water partition coefficient (Wildman–Crippen LogP) is -1.45. The van der Waals surface area contributed by atoms with Gasteiger partial charge >= 0.3 is 68.9 Å². The molecule has 1 rings (SSSR count). The van der Waals surface area contributed by atoms with Gasteiger partial charge < -0.3 is 0 Å². The molecular weight excluding hydrogens is 201 g/mol. The number of aromatic nitrogens is 4. The Morgan fingerprint density at radius 1 is 1.50 bits per heavy atom. The van der Waals surface area contributed by atoms with Gasteiger partial charge in [-0.2, -0.15) is 0 Å². The zero-order chi connectivity index (χ0) is 3.54. The third-order valence-corrected chi connectivity index (χ3v) is 0.270. The number of nitrogens with one attached hydrogen (secondary N) is 1. The van der Waals surface area contributed by atoms with E-state index in [1.54, 1.807) is 0 Å². The fourth-order valence-corrected chi connectivity index (χ4v) is 0.129. The standard InChI is InChI=1S/CH2N4.Cs.H/c1-2-4-5-3-1;;/h1H,(H,2,3,4,5);;. The van der Waals surface area contributed by atoms with Crippen molar-refractivity contribution >= 4 is 68.9 Å². The monoisotopic (exact) mass is 204 g/mol. The van der Waals surface area contributed by atoms with Gasteiger partial charge in [-0.05, 0) is 10.4 Å². The Kier molecular flexibility index (Phi) is 5.09. The maximum Gasteiger partial charge on any atom is 0.135 e. The van der Waals surface area contributed by atoms with Crippen molar-refractivity contribution in [2.45, 2.75) is 0 Å². The maximum absolute atomic E-state index is 3.31. The molecule has 1 heterocycles. The average Bonchev–Trinajstić information content (AvgIpc) is 1.76. The molecule has 0 aliphatic heterocycles. The van der Waals surface area contributed by atoms with E-state index in [4.69, 9.17) is 0 Å². The second-order valence-corrected chi connectivity index (χ2v) is 0.563. The van der Waals surface area contributed by atoms with Crippen molar-refractivity contribution in [1.82, 2.24) is 20.6 Å². The fourth-order valence-electron chi connectivity index (χ4n) is 0.129. The summed E-state index contributed by atoms with van der Waals surface area (Å²) in [6.07, 6.45) is 1.40. The van der Waals surface area contributed by atoms with Gasteiger partial charge in [0.1, 0.15) is 6.33 Å². The molecule has 0 aliphatic rings. The summed E-state index contributed by atoms with van der Waals surface area (Å²) >= 11 is 0. The van der Waals surface area contributed by atoms with Gasteiger partial charge in [0.2, 0.25) is 0 Å². The molecule has 0 saturated heterocycles. The summed E-state index contributed by atoms with van der Waals surface area (Å²) in [6, 6.07) is 0. The number of hydrogen-bond acceptors (Lipinski definition) is 3. The molecule has 0 spiro atoms. The average molecular weight is 204 g/mol. The van der Waals surface area contributed by atoms with Gasteiger partial charge in [0, 0.05) is 0 Å². The minimum Gasteiger partial charge on any atom is -0.246 e. The predicted molar refractivity (Wildman–Crippen MR) is 21.3 cm³/mol. The van der Waals surface area contributed by atoms with Crippen LogP contribution in [0.15, 0.2) is 6.33 Å². The summed E-state index contributed by atoms with van der Waals surface area (Å²) in [6.45, 7) is 0. The van der Waals surface area contributed by atoms with E-state index in [9.17, 15) is 0 Å². The zero-order valence-corrected chi connectivity index (χ0v) is 2.42. The number of nitrogens with zero attached hydrogens (tertiary/aromatic N) is 3. The molecule has 0 saturated carbocycles. The Hall–Kier alpha value is 1.12. The van der Waals surface area contributed by atoms with E-state index in [0.717, 1.165) is 0 Å². The first-order chi connectivity index (χ1) is 2.50. The molecule has 6 heavy (non-hydrogen) atoms. The molecule has 4 nitrogen and oxygen atoms in total. The van der Waals surface area contributed by atoms with Crippen LogP contribution < -0.4 is 0 Å². The van der Waals surface area contributed by atoms with Crippen molar-refractivity contribution in [2.24, 2.45) is 0 Å². The van der Waals surface area contributed by atoms with Crippen molar-refractivity contribution in [3.63, 3.8) is 0 Å². The van der Waals surface area contributed by atoms with Crippen molar-refractivity contribution < 1.29 is 0 Å². The SMILES string of the molecule is [CsH].c1nnn[nH]1. The first kappa shape index (κ1) is 7.12. The van der Waals surface area contributed by atoms with Crippen LogP contribution in [0.5, 0.6) is 0 Å². The summed E-state index contributed by atoms with van der Waals surface area (Å²) in [5, 5.41) is 12.1. The number of hydrogen-bond donors (Lipinski definition) is 1. The van der Waals surface area contributed by atoms with Crippen LogP contribution in [-0.4, -0.2) is 89.5 Å². The van der Waals surface area contributed by atoms with Gasteiger partial charge in [0.25, 0.3) is 0 Å². The fraction of sp³-hybridized carbons (Fsp3) is 0. The third kappa shape index (κ3) is 2.32. The largest absolute Gasteiger partial charge is 0.246 e. The van der Waals surface area contributed by atoms with Crippen molar-refractivity contribution in [1.29, 1.82) is 0 Å². The molecule has 1 N–H and O–H groups in total.